The number of benzene rings is 2. The third-order valence-corrected chi connectivity index (χ3v) is 17.2. The van der Waals surface area contributed by atoms with Gasteiger partial charge in [-0.3, -0.25) is 4.79 Å². The van der Waals surface area contributed by atoms with Gasteiger partial charge in [0, 0.05) is 0 Å². The van der Waals surface area contributed by atoms with Crippen LogP contribution in [0.1, 0.15) is 134 Å². The van der Waals surface area contributed by atoms with Gasteiger partial charge in [-0.25, -0.2) is 4.79 Å². The van der Waals surface area contributed by atoms with E-state index in [1.807, 2.05) is 30.3 Å². The van der Waals surface area contributed by atoms with E-state index in [1.165, 1.54) is 63.2 Å². The van der Waals surface area contributed by atoms with Gasteiger partial charge in [0.2, 0.25) is 0 Å². The van der Waals surface area contributed by atoms with E-state index in [1.54, 1.807) is 0 Å². The summed E-state index contributed by atoms with van der Waals surface area (Å²) in [5.41, 5.74) is 5.13. The molecule has 0 N–H and O–H groups in total. The van der Waals surface area contributed by atoms with Crippen molar-refractivity contribution in [1.82, 2.24) is 0 Å². The van der Waals surface area contributed by atoms with Crippen LogP contribution in [0.5, 0.6) is 0 Å². The third kappa shape index (κ3) is 4.74. The van der Waals surface area contributed by atoms with Crippen LogP contribution in [0.25, 0.3) is 5.57 Å². The summed E-state index contributed by atoms with van der Waals surface area (Å²) in [5, 5.41) is 0. The normalized spacial score (nSPS) is 40.6. The van der Waals surface area contributed by atoms with E-state index in [0.717, 1.165) is 31.2 Å². The smallest absolute Gasteiger partial charge is 0.337 e. The van der Waals surface area contributed by atoms with Crippen LogP contribution in [0.4, 0.5) is 0 Å². The van der Waals surface area contributed by atoms with Gasteiger partial charge >= 0.3 is 11.9 Å². The summed E-state index contributed by atoms with van der Waals surface area (Å²) in [6.45, 7) is 15.9. The summed E-state index contributed by atoms with van der Waals surface area (Å²) in [7, 11) is 1.44. The lowest BCUT2D eigenvalue weighted by Gasteiger charge is -2.72. The molecule has 5 fully saturated rings. The van der Waals surface area contributed by atoms with Crippen LogP contribution in [0.3, 0.4) is 0 Å². The maximum absolute atomic E-state index is 14.5. The summed E-state index contributed by atoms with van der Waals surface area (Å²) >= 11 is 0. The van der Waals surface area contributed by atoms with Gasteiger partial charge < -0.3 is 9.47 Å². The zero-order valence-electron chi connectivity index (χ0n) is 31.8. The second-order valence-electron chi connectivity index (χ2n) is 19.3. The molecule has 0 radical (unpaired) electrons. The topological polar surface area (TPSA) is 52.6 Å². The molecule has 0 aliphatic heterocycles. The van der Waals surface area contributed by atoms with Crippen molar-refractivity contribution in [1.29, 1.82) is 0 Å². The van der Waals surface area contributed by atoms with Crippen molar-refractivity contribution in [3.05, 3.63) is 77.4 Å². The van der Waals surface area contributed by atoms with Crippen molar-refractivity contribution in [3.63, 3.8) is 0 Å². The molecule has 8 rings (SSSR count). The minimum Gasteiger partial charge on any atom is -0.465 e. The second-order valence-corrected chi connectivity index (χ2v) is 19.3. The van der Waals surface area contributed by atoms with Crippen LogP contribution in [0, 0.1) is 62.1 Å². The number of allylic oxidation sites excluding steroid dienone is 2. The quantitative estimate of drug-likeness (QED) is 0.286. The number of ether oxygens (including phenoxy) is 2. The molecule has 5 saturated carbocycles. The minimum atomic E-state index is -0.326. The Morgan fingerprint density at radius 2 is 1.44 bits per heavy atom. The molecule has 4 heteroatoms. The zero-order chi connectivity index (χ0) is 35.3. The number of rotatable bonds is 6. The van der Waals surface area contributed by atoms with Crippen LogP contribution in [-0.2, 0) is 20.9 Å². The molecule has 268 valence electrons. The predicted octanol–water partition coefficient (Wildman–Crippen LogP) is 11.1. The fourth-order valence-electron chi connectivity index (χ4n) is 14.2. The van der Waals surface area contributed by atoms with E-state index < -0.39 is 0 Å². The van der Waals surface area contributed by atoms with E-state index >= 15 is 0 Å². The summed E-state index contributed by atoms with van der Waals surface area (Å²) in [6, 6.07) is 18.4. The van der Waals surface area contributed by atoms with Crippen LogP contribution >= 0.6 is 0 Å². The largest absolute Gasteiger partial charge is 0.465 e. The first-order chi connectivity index (χ1) is 23.7. The van der Waals surface area contributed by atoms with Gasteiger partial charge in [0.05, 0.1) is 18.1 Å². The number of carbonyl (C=O) groups excluding carboxylic acids is 2. The van der Waals surface area contributed by atoms with Crippen LogP contribution in [0.15, 0.2) is 60.7 Å². The average molecular weight is 677 g/mol. The molecule has 0 bridgehead atoms. The lowest BCUT2D eigenvalue weighted by atomic mass is 9.32. The average Bonchev–Trinajstić information content (AvgIpc) is 3.72. The summed E-state index contributed by atoms with van der Waals surface area (Å²) in [5.74, 6) is 2.71. The Morgan fingerprint density at radius 3 is 2.12 bits per heavy atom. The van der Waals surface area contributed by atoms with Crippen LogP contribution in [0.2, 0.25) is 0 Å². The van der Waals surface area contributed by atoms with Gasteiger partial charge in [0.1, 0.15) is 6.61 Å². The molecule has 9 unspecified atom stereocenters. The highest BCUT2D eigenvalue weighted by Gasteiger charge is 2.73. The lowest BCUT2D eigenvalue weighted by Crippen LogP contribution is -2.66. The lowest BCUT2D eigenvalue weighted by molar-refractivity contribution is -0.232. The predicted molar refractivity (Wildman–Crippen MR) is 199 cm³/mol. The molecule has 6 aliphatic carbocycles. The molecule has 0 saturated heterocycles. The van der Waals surface area contributed by atoms with Crippen molar-refractivity contribution in [2.75, 3.05) is 7.11 Å². The van der Waals surface area contributed by atoms with Gasteiger partial charge in [-0.1, -0.05) is 90.1 Å². The zero-order valence-corrected chi connectivity index (χ0v) is 31.8. The summed E-state index contributed by atoms with van der Waals surface area (Å²) < 4.78 is 11.3. The fraction of sp³-hybridized carbons (Fsp3) is 0.652. The number of hydrogen-bond acceptors (Lipinski definition) is 4. The number of carbonyl (C=O) groups is 2. The second kappa shape index (κ2) is 11.6. The molecule has 0 spiro atoms. The Kier molecular flexibility index (Phi) is 7.91. The first kappa shape index (κ1) is 34.2. The van der Waals surface area contributed by atoms with Gasteiger partial charge in [-0.2, -0.15) is 0 Å². The fourth-order valence-corrected chi connectivity index (χ4v) is 14.2. The molecule has 4 nitrogen and oxygen atoms in total. The number of hydrogen-bond donors (Lipinski definition) is 0. The Hall–Kier alpha value is -2.88. The van der Waals surface area contributed by atoms with E-state index in [2.05, 4.69) is 71.9 Å². The highest BCUT2D eigenvalue weighted by molar-refractivity contribution is 5.90. The molecular formula is C46H60O4. The molecule has 6 aliphatic rings. The van der Waals surface area contributed by atoms with Crippen LogP contribution < -0.4 is 0 Å². The Labute approximate surface area is 301 Å². The number of methoxy groups -OCH3 is 1. The van der Waals surface area contributed by atoms with E-state index in [0.29, 0.717) is 47.2 Å². The van der Waals surface area contributed by atoms with Crippen molar-refractivity contribution in [3.8, 4) is 0 Å². The van der Waals surface area contributed by atoms with E-state index in [9.17, 15) is 9.59 Å². The monoisotopic (exact) mass is 676 g/mol. The molecule has 2 aromatic carbocycles. The third-order valence-electron chi connectivity index (χ3n) is 17.2. The highest BCUT2D eigenvalue weighted by Crippen LogP contribution is 2.79. The first-order valence-corrected chi connectivity index (χ1v) is 19.8. The molecule has 0 heterocycles. The number of fused-ring (bicyclic) bond motifs is 7. The molecule has 0 amide bonds. The molecule has 50 heavy (non-hydrogen) atoms. The van der Waals surface area contributed by atoms with Crippen LogP contribution in [-0.4, -0.2) is 19.0 Å². The van der Waals surface area contributed by atoms with Gasteiger partial charge in [0.25, 0.3) is 0 Å². The van der Waals surface area contributed by atoms with Crippen molar-refractivity contribution in [2.24, 2.45) is 62.1 Å². The van der Waals surface area contributed by atoms with Crippen molar-refractivity contribution < 1.29 is 19.1 Å². The summed E-state index contributed by atoms with van der Waals surface area (Å²) in [4.78, 5) is 26.6. The molecular weight excluding hydrogens is 617 g/mol. The maximum atomic E-state index is 14.5. The van der Waals surface area contributed by atoms with Gasteiger partial charge in [-0.05, 0) is 156 Å². The maximum Gasteiger partial charge on any atom is 0.337 e. The number of esters is 2. The first-order valence-electron chi connectivity index (χ1n) is 19.8. The Bertz CT molecular complexity index is 1680. The molecule has 9 atom stereocenters. The summed E-state index contributed by atoms with van der Waals surface area (Å²) in [6.07, 6.45) is 15.7. The van der Waals surface area contributed by atoms with Gasteiger partial charge in [0.15, 0.2) is 0 Å². The Morgan fingerprint density at radius 1 is 0.720 bits per heavy atom. The van der Waals surface area contributed by atoms with Crippen molar-refractivity contribution >= 4 is 17.5 Å². The highest BCUT2D eigenvalue weighted by atomic mass is 16.5. The van der Waals surface area contributed by atoms with E-state index in [4.69, 9.17) is 9.47 Å². The van der Waals surface area contributed by atoms with Crippen molar-refractivity contribution in [2.45, 2.75) is 119 Å². The van der Waals surface area contributed by atoms with E-state index in [-0.39, 0.29) is 39.0 Å². The minimum absolute atomic E-state index is 0.0280. The van der Waals surface area contributed by atoms with Gasteiger partial charge in [-0.15, -0.1) is 0 Å². The Balaban J connectivity index is 1.10. The SMILES string of the molecule is COC(=O)c1ccc(C2=CCC3(C)C(CCC4(C)C3CCC3C5C(C6(C)CC6)CCC5(C(=O)OCc5ccccc5)CCC34C)C2(C)C)cc1. The molecule has 0 aromatic heterocycles. The molecule has 2 aromatic rings. The standard InChI is InChI=1S/C46H60O4/c1-41(2)33(31-13-15-32(16-14-31)39(47)49-7)19-22-43(4)36(41)21-23-45(6)37(43)18-17-35-38-34(42(3)25-26-42)20-24-46(38,28-27-44(35,45)5)40(48)50-29-30-11-9-8-10-12-30/h8-16,19,34-38H,17-18,20-29H2,1-7H3.